The molecular formula is C16H19N3. The molecule has 1 heterocycles. The third-order valence-electron chi connectivity index (χ3n) is 3.57. The largest absolute Gasteiger partial charge is 0.373 e. The van der Waals surface area contributed by atoms with Crippen molar-refractivity contribution in [2.24, 2.45) is 0 Å². The number of nitrogens with zero attached hydrogens (tertiary/aromatic N) is 2. The van der Waals surface area contributed by atoms with Crippen LogP contribution in [0, 0.1) is 0 Å². The Bertz CT molecular complexity index is 588. The molecule has 0 spiro atoms. The molecule has 98 valence electrons. The minimum atomic E-state index is 0.571. The number of hydrogen-bond acceptors (Lipinski definition) is 3. The predicted molar refractivity (Wildman–Crippen MR) is 78.4 cm³/mol. The van der Waals surface area contributed by atoms with Crippen molar-refractivity contribution in [3.63, 3.8) is 0 Å². The number of nitrogens with one attached hydrogen (secondary N) is 1. The van der Waals surface area contributed by atoms with Gasteiger partial charge in [-0.05, 0) is 30.9 Å². The molecule has 19 heavy (non-hydrogen) atoms. The molecule has 3 nitrogen and oxygen atoms in total. The van der Waals surface area contributed by atoms with E-state index in [9.17, 15) is 0 Å². The van der Waals surface area contributed by atoms with Crippen molar-refractivity contribution in [3.8, 4) is 11.3 Å². The van der Waals surface area contributed by atoms with Crippen LogP contribution in [0.1, 0.15) is 37.1 Å². The number of benzene rings is 1. The average Bonchev–Trinajstić information content (AvgIpc) is 3.31. The lowest BCUT2D eigenvalue weighted by atomic mass is 10.1. The standard InChI is InChI=1S/C16H19N3/c1-3-11-5-4-6-13(9-11)14-10-15(17-2)19-16(18-14)12-7-8-12/h4-6,9-10,12H,3,7-8H2,1-2H3,(H,17,18,19). The maximum Gasteiger partial charge on any atom is 0.134 e. The second-order valence-corrected chi connectivity index (χ2v) is 5.07. The van der Waals surface area contributed by atoms with E-state index in [1.807, 2.05) is 13.1 Å². The van der Waals surface area contributed by atoms with Crippen LogP contribution in [0.4, 0.5) is 5.82 Å². The second-order valence-electron chi connectivity index (χ2n) is 5.07. The molecule has 0 aliphatic heterocycles. The fourth-order valence-corrected chi connectivity index (χ4v) is 2.22. The summed E-state index contributed by atoms with van der Waals surface area (Å²) in [6, 6.07) is 10.6. The summed E-state index contributed by atoms with van der Waals surface area (Å²) in [4.78, 5) is 9.30. The van der Waals surface area contributed by atoms with Crippen LogP contribution in [0.25, 0.3) is 11.3 Å². The van der Waals surface area contributed by atoms with Crippen molar-refractivity contribution in [2.75, 3.05) is 12.4 Å². The summed E-state index contributed by atoms with van der Waals surface area (Å²) in [5, 5.41) is 3.14. The van der Waals surface area contributed by atoms with E-state index in [0.29, 0.717) is 5.92 Å². The van der Waals surface area contributed by atoms with Gasteiger partial charge in [-0.3, -0.25) is 0 Å². The predicted octanol–water partition coefficient (Wildman–Crippen LogP) is 3.63. The second kappa shape index (κ2) is 5.00. The molecule has 1 aromatic carbocycles. The Morgan fingerprint density at radius 1 is 1.21 bits per heavy atom. The van der Waals surface area contributed by atoms with Gasteiger partial charge in [-0.1, -0.05) is 25.1 Å². The van der Waals surface area contributed by atoms with Gasteiger partial charge in [-0.15, -0.1) is 0 Å². The van der Waals surface area contributed by atoms with E-state index in [4.69, 9.17) is 4.98 Å². The van der Waals surface area contributed by atoms with Crippen LogP contribution in [0.5, 0.6) is 0 Å². The highest BCUT2D eigenvalue weighted by molar-refractivity contribution is 5.63. The smallest absolute Gasteiger partial charge is 0.134 e. The molecule has 3 rings (SSSR count). The van der Waals surface area contributed by atoms with E-state index in [2.05, 4.69) is 41.5 Å². The highest BCUT2D eigenvalue weighted by Crippen LogP contribution is 2.39. The van der Waals surface area contributed by atoms with Crippen molar-refractivity contribution in [3.05, 3.63) is 41.7 Å². The topological polar surface area (TPSA) is 37.8 Å². The SMILES string of the molecule is CCc1cccc(-c2cc(NC)nc(C3CC3)n2)c1. The number of aromatic nitrogens is 2. The van der Waals surface area contributed by atoms with Gasteiger partial charge in [-0.25, -0.2) is 9.97 Å². The monoisotopic (exact) mass is 253 g/mol. The minimum Gasteiger partial charge on any atom is -0.373 e. The lowest BCUT2D eigenvalue weighted by molar-refractivity contribution is 0.932. The molecule has 1 aliphatic carbocycles. The molecule has 1 aromatic heterocycles. The van der Waals surface area contributed by atoms with Gasteiger partial charge >= 0.3 is 0 Å². The third-order valence-corrected chi connectivity index (χ3v) is 3.57. The normalized spacial score (nSPS) is 14.4. The first-order valence-electron chi connectivity index (χ1n) is 6.96. The van der Waals surface area contributed by atoms with Crippen LogP contribution < -0.4 is 5.32 Å². The Hall–Kier alpha value is -1.90. The first kappa shape index (κ1) is 12.2. The minimum absolute atomic E-state index is 0.571. The molecule has 1 fully saturated rings. The van der Waals surface area contributed by atoms with Crippen molar-refractivity contribution in [2.45, 2.75) is 32.1 Å². The number of aryl methyl sites for hydroxylation is 1. The quantitative estimate of drug-likeness (QED) is 0.904. The van der Waals surface area contributed by atoms with Crippen LogP contribution in [0.3, 0.4) is 0 Å². The Balaban J connectivity index is 2.04. The first-order valence-corrected chi connectivity index (χ1v) is 6.96. The molecule has 1 saturated carbocycles. The summed E-state index contributed by atoms with van der Waals surface area (Å²) in [6.07, 6.45) is 3.50. The Morgan fingerprint density at radius 2 is 2.05 bits per heavy atom. The number of anilines is 1. The van der Waals surface area contributed by atoms with Gasteiger partial charge in [-0.2, -0.15) is 0 Å². The lowest BCUT2D eigenvalue weighted by Crippen LogP contribution is -2.00. The van der Waals surface area contributed by atoms with Gasteiger partial charge in [0.15, 0.2) is 0 Å². The molecule has 0 bridgehead atoms. The molecule has 0 amide bonds. The molecule has 0 atom stereocenters. The van der Waals surface area contributed by atoms with Crippen LogP contribution in [-0.2, 0) is 6.42 Å². The van der Waals surface area contributed by atoms with Crippen molar-refractivity contribution >= 4 is 5.82 Å². The number of hydrogen-bond donors (Lipinski definition) is 1. The molecular weight excluding hydrogens is 234 g/mol. The number of rotatable bonds is 4. The van der Waals surface area contributed by atoms with Crippen LogP contribution in [-0.4, -0.2) is 17.0 Å². The Morgan fingerprint density at radius 3 is 2.74 bits per heavy atom. The van der Waals surface area contributed by atoms with E-state index in [1.54, 1.807) is 0 Å². The summed E-state index contributed by atoms with van der Waals surface area (Å²) in [5.41, 5.74) is 3.55. The fourth-order valence-electron chi connectivity index (χ4n) is 2.22. The van der Waals surface area contributed by atoms with E-state index in [1.165, 1.54) is 24.0 Å². The van der Waals surface area contributed by atoms with Crippen LogP contribution in [0.15, 0.2) is 30.3 Å². The first-order chi connectivity index (χ1) is 9.30. The summed E-state index contributed by atoms with van der Waals surface area (Å²) < 4.78 is 0. The molecule has 2 aromatic rings. The average molecular weight is 253 g/mol. The summed E-state index contributed by atoms with van der Waals surface area (Å²) in [5.74, 6) is 2.47. The summed E-state index contributed by atoms with van der Waals surface area (Å²) in [7, 11) is 1.91. The van der Waals surface area contributed by atoms with Gasteiger partial charge in [0.25, 0.3) is 0 Å². The van der Waals surface area contributed by atoms with Gasteiger partial charge < -0.3 is 5.32 Å². The van der Waals surface area contributed by atoms with Gasteiger partial charge in [0, 0.05) is 24.6 Å². The Kier molecular flexibility index (Phi) is 3.20. The lowest BCUT2D eigenvalue weighted by Gasteiger charge is -2.08. The zero-order valence-electron chi connectivity index (χ0n) is 11.5. The highest BCUT2D eigenvalue weighted by atomic mass is 15.0. The molecule has 0 saturated heterocycles. The van der Waals surface area contributed by atoms with E-state index >= 15 is 0 Å². The van der Waals surface area contributed by atoms with Crippen molar-refractivity contribution < 1.29 is 0 Å². The molecule has 1 N–H and O–H groups in total. The van der Waals surface area contributed by atoms with E-state index in [0.717, 1.165) is 23.8 Å². The van der Waals surface area contributed by atoms with Gasteiger partial charge in [0.1, 0.15) is 11.6 Å². The van der Waals surface area contributed by atoms with Crippen LogP contribution in [0.2, 0.25) is 0 Å². The summed E-state index contributed by atoms with van der Waals surface area (Å²) >= 11 is 0. The maximum absolute atomic E-state index is 4.74. The molecule has 3 heteroatoms. The van der Waals surface area contributed by atoms with Crippen molar-refractivity contribution in [1.29, 1.82) is 0 Å². The van der Waals surface area contributed by atoms with Crippen molar-refractivity contribution in [1.82, 2.24) is 9.97 Å². The zero-order valence-corrected chi connectivity index (χ0v) is 11.5. The molecule has 0 radical (unpaired) electrons. The van der Waals surface area contributed by atoms with Gasteiger partial charge in [0.2, 0.25) is 0 Å². The van der Waals surface area contributed by atoms with E-state index < -0.39 is 0 Å². The Labute approximate surface area is 114 Å². The summed E-state index contributed by atoms with van der Waals surface area (Å²) in [6.45, 7) is 2.17. The fraction of sp³-hybridized carbons (Fsp3) is 0.375. The zero-order chi connectivity index (χ0) is 13.2. The van der Waals surface area contributed by atoms with Gasteiger partial charge in [0.05, 0.1) is 5.69 Å². The van der Waals surface area contributed by atoms with E-state index in [-0.39, 0.29) is 0 Å². The molecule has 1 aliphatic rings. The maximum atomic E-state index is 4.74. The third kappa shape index (κ3) is 2.60. The highest BCUT2D eigenvalue weighted by Gasteiger charge is 2.27. The molecule has 0 unspecified atom stereocenters. The van der Waals surface area contributed by atoms with Crippen LogP contribution >= 0.6 is 0 Å².